The van der Waals surface area contributed by atoms with E-state index in [1.54, 1.807) is 13.0 Å². The first-order valence-electron chi connectivity index (χ1n) is 4.18. The highest BCUT2D eigenvalue weighted by atomic mass is 35.5. The number of aliphatic hydroxyl groups is 1. The predicted octanol–water partition coefficient (Wildman–Crippen LogP) is 1.39. The summed E-state index contributed by atoms with van der Waals surface area (Å²) < 4.78 is 4.98. The van der Waals surface area contributed by atoms with Crippen LogP contribution >= 0.6 is 11.6 Å². The molecule has 4 nitrogen and oxygen atoms in total. The lowest BCUT2D eigenvalue weighted by Gasteiger charge is -2.18. The van der Waals surface area contributed by atoms with E-state index in [1.807, 2.05) is 0 Å². The van der Waals surface area contributed by atoms with E-state index in [9.17, 15) is 5.11 Å². The van der Waals surface area contributed by atoms with Crippen LogP contribution in [0, 0.1) is 0 Å². The van der Waals surface area contributed by atoms with Crippen LogP contribution in [-0.4, -0.2) is 23.3 Å². The van der Waals surface area contributed by atoms with Crippen molar-refractivity contribution in [2.24, 2.45) is 0 Å². The van der Waals surface area contributed by atoms with Gasteiger partial charge in [-0.05, 0) is 13.0 Å². The number of nitrogens with two attached hydrogens (primary N) is 1. The third-order valence-corrected chi connectivity index (χ3v) is 2.26. The van der Waals surface area contributed by atoms with E-state index in [4.69, 9.17) is 22.1 Å². The number of ether oxygens (including phenoxy) is 1. The Morgan fingerprint density at radius 3 is 2.86 bits per heavy atom. The maximum Gasteiger partial charge on any atom is 0.129 e. The van der Waals surface area contributed by atoms with Crippen molar-refractivity contribution in [2.75, 3.05) is 12.8 Å². The van der Waals surface area contributed by atoms with Crippen molar-refractivity contribution in [1.82, 2.24) is 4.98 Å². The fourth-order valence-corrected chi connectivity index (χ4v) is 1.25. The largest absolute Gasteiger partial charge is 0.386 e. The molecule has 0 spiro atoms. The van der Waals surface area contributed by atoms with Crippen LogP contribution in [0.5, 0.6) is 0 Å². The summed E-state index contributed by atoms with van der Waals surface area (Å²) in [6.07, 6.45) is 0.272. The van der Waals surface area contributed by atoms with Crippen LogP contribution in [0.25, 0.3) is 0 Å². The lowest BCUT2D eigenvalue weighted by molar-refractivity contribution is -0.00117. The molecule has 0 saturated carbocycles. The van der Waals surface area contributed by atoms with E-state index in [0.717, 1.165) is 0 Å². The highest BCUT2D eigenvalue weighted by molar-refractivity contribution is 6.30. The van der Waals surface area contributed by atoms with Gasteiger partial charge in [0.1, 0.15) is 11.9 Å². The molecular formula is C9H13ClN2O2. The molecule has 0 saturated heterocycles. The van der Waals surface area contributed by atoms with Gasteiger partial charge >= 0.3 is 0 Å². The SMILES string of the molecule is COC(C)C(O)c1cc(Cl)cnc1N. The van der Waals surface area contributed by atoms with Crippen LogP contribution in [0.2, 0.25) is 5.02 Å². The molecule has 0 bridgehead atoms. The van der Waals surface area contributed by atoms with Gasteiger partial charge in [-0.2, -0.15) is 0 Å². The van der Waals surface area contributed by atoms with Gasteiger partial charge in [0.15, 0.2) is 0 Å². The second kappa shape index (κ2) is 4.59. The summed E-state index contributed by atoms with van der Waals surface area (Å²) in [5, 5.41) is 10.2. The standard InChI is InChI=1S/C9H13ClN2O2/c1-5(14-2)8(13)7-3-6(10)4-12-9(7)11/h3-5,8,13H,1-2H3,(H2,11,12). The third kappa shape index (κ3) is 2.35. The van der Waals surface area contributed by atoms with Crippen LogP contribution in [0.15, 0.2) is 12.3 Å². The monoisotopic (exact) mass is 216 g/mol. The van der Waals surface area contributed by atoms with Crippen molar-refractivity contribution in [3.8, 4) is 0 Å². The molecule has 1 aromatic rings. The number of halogens is 1. The zero-order chi connectivity index (χ0) is 10.7. The van der Waals surface area contributed by atoms with Gasteiger partial charge in [-0.3, -0.25) is 0 Å². The minimum Gasteiger partial charge on any atom is -0.386 e. The Morgan fingerprint density at radius 2 is 2.29 bits per heavy atom. The number of hydrogen-bond donors (Lipinski definition) is 2. The van der Waals surface area contributed by atoms with Gasteiger partial charge in [0.2, 0.25) is 0 Å². The zero-order valence-electron chi connectivity index (χ0n) is 8.07. The molecule has 0 aliphatic heterocycles. The Morgan fingerprint density at radius 1 is 1.64 bits per heavy atom. The van der Waals surface area contributed by atoms with Crippen LogP contribution in [0.4, 0.5) is 5.82 Å². The van der Waals surface area contributed by atoms with Crippen LogP contribution in [0.3, 0.4) is 0 Å². The summed E-state index contributed by atoms with van der Waals surface area (Å²) >= 11 is 5.74. The fourth-order valence-electron chi connectivity index (χ4n) is 1.08. The number of pyridine rings is 1. The summed E-state index contributed by atoms with van der Waals surface area (Å²) in [6, 6.07) is 1.59. The number of rotatable bonds is 3. The minimum atomic E-state index is -0.814. The average Bonchev–Trinajstić information content (AvgIpc) is 2.19. The van der Waals surface area contributed by atoms with E-state index in [1.165, 1.54) is 13.3 Å². The smallest absolute Gasteiger partial charge is 0.129 e. The summed E-state index contributed by atoms with van der Waals surface area (Å²) in [6.45, 7) is 1.74. The molecule has 0 radical (unpaired) electrons. The van der Waals surface area contributed by atoms with E-state index in [0.29, 0.717) is 10.6 Å². The molecule has 0 aromatic carbocycles. The minimum absolute atomic E-state index is 0.269. The first kappa shape index (κ1) is 11.2. The lowest BCUT2D eigenvalue weighted by atomic mass is 10.1. The summed E-state index contributed by atoms with van der Waals surface area (Å²) in [5.41, 5.74) is 6.09. The second-order valence-corrected chi connectivity index (χ2v) is 3.45. The van der Waals surface area contributed by atoms with E-state index < -0.39 is 6.10 Å². The molecule has 2 unspecified atom stereocenters. The Hall–Kier alpha value is -0.840. The maximum atomic E-state index is 9.79. The van der Waals surface area contributed by atoms with Gasteiger partial charge in [-0.25, -0.2) is 4.98 Å². The average molecular weight is 217 g/mol. The number of aromatic nitrogens is 1. The number of hydrogen-bond acceptors (Lipinski definition) is 4. The summed E-state index contributed by atoms with van der Waals surface area (Å²) in [4.78, 5) is 3.85. The number of anilines is 1. The maximum absolute atomic E-state index is 9.79. The molecule has 1 heterocycles. The first-order chi connectivity index (χ1) is 6.56. The molecule has 0 aliphatic carbocycles. The number of nitrogens with zero attached hydrogens (tertiary/aromatic N) is 1. The molecule has 0 aliphatic rings. The molecule has 2 atom stereocenters. The highest BCUT2D eigenvalue weighted by Crippen LogP contribution is 2.25. The molecule has 14 heavy (non-hydrogen) atoms. The fraction of sp³-hybridized carbons (Fsp3) is 0.444. The molecule has 5 heteroatoms. The topological polar surface area (TPSA) is 68.4 Å². The molecule has 0 amide bonds. The van der Waals surface area contributed by atoms with Gasteiger partial charge in [0, 0.05) is 18.9 Å². The molecule has 78 valence electrons. The molecule has 0 fully saturated rings. The van der Waals surface area contributed by atoms with Gasteiger partial charge in [0.05, 0.1) is 11.1 Å². The van der Waals surface area contributed by atoms with Gasteiger partial charge < -0.3 is 15.6 Å². The number of aliphatic hydroxyl groups excluding tert-OH is 1. The van der Waals surface area contributed by atoms with Crippen molar-refractivity contribution in [1.29, 1.82) is 0 Å². The predicted molar refractivity (Wildman–Crippen MR) is 55.1 cm³/mol. The van der Waals surface area contributed by atoms with Gasteiger partial charge in [-0.15, -0.1) is 0 Å². The molecular weight excluding hydrogens is 204 g/mol. The van der Waals surface area contributed by atoms with Gasteiger partial charge in [0.25, 0.3) is 0 Å². The number of methoxy groups -OCH3 is 1. The third-order valence-electron chi connectivity index (χ3n) is 2.05. The summed E-state index contributed by atoms with van der Waals surface area (Å²) in [5.74, 6) is 0.269. The second-order valence-electron chi connectivity index (χ2n) is 3.01. The van der Waals surface area contributed by atoms with Gasteiger partial charge in [-0.1, -0.05) is 11.6 Å². The lowest BCUT2D eigenvalue weighted by Crippen LogP contribution is -2.18. The van der Waals surface area contributed by atoms with E-state index in [-0.39, 0.29) is 11.9 Å². The molecule has 1 rings (SSSR count). The van der Waals surface area contributed by atoms with Crippen LogP contribution in [0.1, 0.15) is 18.6 Å². The van der Waals surface area contributed by atoms with E-state index in [2.05, 4.69) is 4.98 Å². The Balaban J connectivity index is 2.99. The molecule has 3 N–H and O–H groups in total. The van der Waals surface area contributed by atoms with Crippen LogP contribution in [-0.2, 0) is 4.74 Å². The Bertz CT molecular complexity index is 320. The highest BCUT2D eigenvalue weighted by Gasteiger charge is 2.19. The van der Waals surface area contributed by atoms with Crippen molar-refractivity contribution >= 4 is 17.4 Å². The normalized spacial score (nSPS) is 15.1. The first-order valence-corrected chi connectivity index (χ1v) is 4.55. The van der Waals surface area contributed by atoms with Crippen molar-refractivity contribution in [3.05, 3.63) is 22.8 Å². The van der Waals surface area contributed by atoms with Crippen LogP contribution < -0.4 is 5.73 Å². The van der Waals surface area contributed by atoms with Crippen molar-refractivity contribution in [3.63, 3.8) is 0 Å². The Labute approximate surface area is 87.7 Å². The Kier molecular flexibility index (Phi) is 3.69. The quantitative estimate of drug-likeness (QED) is 0.801. The number of nitrogen functional groups attached to an aromatic ring is 1. The van der Waals surface area contributed by atoms with Crippen molar-refractivity contribution in [2.45, 2.75) is 19.1 Å². The summed E-state index contributed by atoms with van der Waals surface area (Å²) in [7, 11) is 1.52. The van der Waals surface area contributed by atoms with E-state index >= 15 is 0 Å². The van der Waals surface area contributed by atoms with Crippen molar-refractivity contribution < 1.29 is 9.84 Å². The molecule has 1 aromatic heterocycles. The zero-order valence-corrected chi connectivity index (χ0v) is 8.82.